The van der Waals surface area contributed by atoms with Crippen LogP contribution in [-0.4, -0.2) is 57.0 Å². The number of rotatable bonds is 10. The fourth-order valence-electron chi connectivity index (χ4n) is 5.77. The van der Waals surface area contributed by atoms with Gasteiger partial charge in [-0.05, 0) is 48.5 Å². The Labute approximate surface area is 246 Å². The van der Waals surface area contributed by atoms with Crippen LogP contribution in [0.4, 0.5) is 0 Å². The Morgan fingerprint density at radius 3 is 2.20 bits per heavy atom. The second kappa shape index (κ2) is 12.0. The van der Waals surface area contributed by atoms with Crippen LogP contribution in [0.25, 0.3) is 21.7 Å². The predicted molar refractivity (Wildman–Crippen MR) is 166 cm³/mol. The molecule has 1 aromatic heterocycles. The van der Waals surface area contributed by atoms with Gasteiger partial charge >= 0.3 is 0 Å². The molecule has 1 N–H and O–H groups in total. The molecule has 0 amide bonds. The molecule has 0 bridgehead atoms. The summed E-state index contributed by atoms with van der Waals surface area (Å²) in [5, 5.41) is 16.2. The average molecular weight is 571 g/mol. The van der Waals surface area contributed by atoms with Crippen molar-refractivity contribution in [1.82, 2.24) is 9.88 Å². The maximum absolute atomic E-state index is 13.1. The van der Waals surface area contributed by atoms with Gasteiger partial charge in [-0.1, -0.05) is 84.4 Å². The van der Waals surface area contributed by atoms with E-state index in [4.69, 9.17) is 30.8 Å². The first-order valence-electron chi connectivity index (χ1n) is 13.5. The summed E-state index contributed by atoms with van der Waals surface area (Å²) >= 11 is 7.04. The van der Waals surface area contributed by atoms with Crippen molar-refractivity contribution in [3.63, 3.8) is 0 Å². The van der Waals surface area contributed by atoms with Crippen LogP contribution in [0.2, 0.25) is 5.15 Å². The van der Waals surface area contributed by atoms with E-state index in [1.165, 1.54) is 0 Å². The van der Waals surface area contributed by atoms with E-state index in [1.807, 2.05) is 74.8 Å². The van der Waals surface area contributed by atoms with Gasteiger partial charge in [0, 0.05) is 29.5 Å². The summed E-state index contributed by atoms with van der Waals surface area (Å²) < 4.78 is 17.0. The summed E-state index contributed by atoms with van der Waals surface area (Å²) in [5.41, 5.74) is 1.69. The third-order valence-electron chi connectivity index (χ3n) is 7.72. The van der Waals surface area contributed by atoms with Crippen molar-refractivity contribution in [3.8, 4) is 17.2 Å². The Kier molecular flexibility index (Phi) is 8.36. The van der Waals surface area contributed by atoms with Gasteiger partial charge in [0.25, 0.3) is 0 Å². The molecule has 0 aliphatic rings. The Morgan fingerprint density at radius 1 is 0.829 bits per heavy atom. The summed E-state index contributed by atoms with van der Waals surface area (Å²) in [6.07, 6.45) is 0.449. The summed E-state index contributed by atoms with van der Waals surface area (Å²) in [5.74, 6) is 0.884. The lowest BCUT2D eigenvalue weighted by Gasteiger charge is -2.39. The van der Waals surface area contributed by atoms with E-state index < -0.39 is 11.5 Å². The Hall–Kier alpha value is -3.84. The number of nitrogens with zero attached hydrogens (tertiary/aromatic N) is 2. The van der Waals surface area contributed by atoms with Crippen LogP contribution in [0.5, 0.6) is 17.2 Å². The molecule has 0 radical (unpaired) electrons. The zero-order valence-electron chi connectivity index (χ0n) is 24.0. The highest BCUT2D eigenvalue weighted by atomic mass is 35.5. The lowest BCUT2D eigenvalue weighted by atomic mass is 9.71. The Bertz CT molecular complexity index is 1670. The maximum atomic E-state index is 13.1. The number of benzene rings is 4. The fraction of sp³-hybridized carbons (Fsp3) is 0.265. The van der Waals surface area contributed by atoms with Crippen molar-refractivity contribution < 1.29 is 19.3 Å². The summed E-state index contributed by atoms with van der Waals surface area (Å²) in [4.78, 5) is 6.89. The van der Waals surface area contributed by atoms with Crippen LogP contribution in [0.15, 0.2) is 84.9 Å². The molecule has 5 rings (SSSR count). The van der Waals surface area contributed by atoms with Crippen LogP contribution < -0.4 is 14.2 Å². The highest BCUT2D eigenvalue weighted by Crippen LogP contribution is 2.50. The molecule has 0 saturated carbocycles. The smallest absolute Gasteiger partial charge is 0.204 e. The zero-order valence-corrected chi connectivity index (χ0v) is 24.8. The van der Waals surface area contributed by atoms with Crippen molar-refractivity contribution in [2.45, 2.75) is 17.9 Å². The molecule has 0 fully saturated rings. The molecule has 4 aromatic carbocycles. The summed E-state index contributed by atoms with van der Waals surface area (Å²) in [6.45, 7) is 0.649. The van der Waals surface area contributed by atoms with Gasteiger partial charge < -0.3 is 24.2 Å². The first-order valence-corrected chi connectivity index (χ1v) is 13.9. The first kappa shape index (κ1) is 28.7. The van der Waals surface area contributed by atoms with E-state index >= 15 is 0 Å². The quantitative estimate of drug-likeness (QED) is 0.182. The number of fused-ring (bicyclic) bond motifs is 2. The minimum absolute atomic E-state index is 0.296. The molecule has 2 atom stereocenters. The molecule has 1 heterocycles. The molecule has 6 nitrogen and oxygen atoms in total. The van der Waals surface area contributed by atoms with E-state index in [-0.39, 0.29) is 0 Å². The van der Waals surface area contributed by atoms with Crippen molar-refractivity contribution in [1.29, 1.82) is 0 Å². The molecule has 2 unspecified atom stereocenters. The van der Waals surface area contributed by atoms with Crippen molar-refractivity contribution in [2.75, 3.05) is 42.0 Å². The third kappa shape index (κ3) is 5.31. The largest absolute Gasteiger partial charge is 0.493 e. The van der Waals surface area contributed by atoms with Crippen LogP contribution in [0.1, 0.15) is 29.0 Å². The minimum atomic E-state index is -1.35. The highest BCUT2D eigenvalue weighted by molar-refractivity contribution is 6.30. The molecule has 0 aliphatic carbocycles. The number of aromatic nitrogens is 1. The van der Waals surface area contributed by atoms with Crippen LogP contribution in [0, 0.1) is 0 Å². The lowest BCUT2D eigenvalue weighted by Crippen LogP contribution is -2.38. The van der Waals surface area contributed by atoms with Crippen molar-refractivity contribution in [2.24, 2.45) is 0 Å². The average Bonchev–Trinajstić information content (AvgIpc) is 2.99. The maximum Gasteiger partial charge on any atom is 0.204 e. The van der Waals surface area contributed by atoms with Gasteiger partial charge in [-0.3, -0.25) is 0 Å². The van der Waals surface area contributed by atoms with Crippen LogP contribution >= 0.6 is 11.6 Å². The number of methoxy groups -OCH3 is 3. The van der Waals surface area contributed by atoms with E-state index in [1.54, 1.807) is 27.4 Å². The number of halogens is 1. The minimum Gasteiger partial charge on any atom is -0.493 e. The topological polar surface area (TPSA) is 64.1 Å². The predicted octanol–water partition coefficient (Wildman–Crippen LogP) is 7.04. The number of pyridine rings is 1. The van der Waals surface area contributed by atoms with E-state index in [0.717, 1.165) is 21.9 Å². The highest BCUT2D eigenvalue weighted by Gasteiger charge is 2.43. The van der Waals surface area contributed by atoms with Gasteiger partial charge in [-0.25, -0.2) is 4.98 Å². The Balaban J connectivity index is 1.86. The van der Waals surface area contributed by atoms with E-state index in [9.17, 15) is 5.11 Å². The van der Waals surface area contributed by atoms with Crippen LogP contribution in [0.3, 0.4) is 0 Å². The van der Waals surface area contributed by atoms with Gasteiger partial charge in [0.15, 0.2) is 11.5 Å². The van der Waals surface area contributed by atoms with E-state index in [2.05, 4.69) is 23.1 Å². The molecule has 0 spiro atoms. The van der Waals surface area contributed by atoms with Gasteiger partial charge in [-0.15, -0.1) is 0 Å². The monoisotopic (exact) mass is 570 g/mol. The van der Waals surface area contributed by atoms with Gasteiger partial charge in [-0.2, -0.15) is 0 Å². The molecule has 0 saturated heterocycles. The van der Waals surface area contributed by atoms with Gasteiger partial charge in [0.1, 0.15) is 10.8 Å². The molecule has 5 aromatic rings. The van der Waals surface area contributed by atoms with Crippen molar-refractivity contribution >= 4 is 33.3 Å². The molecule has 0 aliphatic heterocycles. The van der Waals surface area contributed by atoms with Gasteiger partial charge in [0.2, 0.25) is 5.75 Å². The Morgan fingerprint density at radius 2 is 1.51 bits per heavy atom. The molecule has 7 heteroatoms. The normalized spacial score (nSPS) is 13.8. The second-order valence-electron chi connectivity index (χ2n) is 10.4. The number of hydrogen-bond acceptors (Lipinski definition) is 6. The first-order chi connectivity index (χ1) is 19.8. The third-order valence-corrected chi connectivity index (χ3v) is 8.02. The van der Waals surface area contributed by atoms with Gasteiger partial charge in [0.05, 0.1) is 26.8 Å². The molecular weight excluding hydrogens is 536 g/mol. The van der Waals surface area contributed by atoms with Crippen LogP contribution in [-0.2, 0) is 5.60 Å². The molecule has 41 heavy (non-hydrogen) atoms. The SMILES string of the molecule is COc1cc2nc(Cl)c(C(c3ccccc3)C(O)(CCN(C)C)c3cccc4ccccc34)cc2c(OC)c1OC. The summed E-state index contributed by atoms with van der Waals surface area (Å²) in [7, 11) is 8.75. The fourth-order valence-corrected chi connectivity index (χ4v) is 6.03. The van der Waals surface area contributed by atoms with Crippen molar-refractivity contribution in [3.05, 3.63) is 107 Å². The second-order valence-corrected chi connectivity index (χ2v) is 10.8. The standard InChI is InChI=1S/C34H35ClN2O4/c1-37(2)19-18-34(38,27-17-11-15-22-12-9-10-16-24(22)27)30(23-13-7-6-8-14-23)26-20-25-28(36-33(26)35)21-29(39-3)32(41-5)31(25)40-4/h6-17,20-21,30,38H,18-19H2,1-5H3. The number of aliphatic hydroxyl groups is 1. The van der Waals surface area contributed by atoms with E-state index in [0.29, 0.717) is 51.8 Å². The molecule has 212 valence electrons. The summed E-state index contributed by atoms with van der Waals surface area (Å²) in [6, 6.07) is 28.0. The zero-order chi connectivity index (χ0) is 29.1. The number of hydrogen-bond donors (Lipinski definition) is 1. The number of ether oxygens (including phenoxy) is 3. The molecular formula is C34H35ClN2O4. The lowest BCUT2D eigenvalue weighted by molar-refractivity contribution is 0.00586.